The molecule has 1 aromatic carbocycles. The van der Waals surface area contributed by atoms with Gasteiger partial charge in [0.05, 0.1) is 6.10 Å². The standard InChI is InChI=1S/C40H68N12O9/c1-22(2)20-30-38(59)49-26(11-16-42)34(55)48-28(13-18-44)37(58)52-32(24(4)53)40(61)45-19-14-29(46-33(54)23(3)10-15-41)36(57)47-27(12-17-43)35(56)51-31(39(60)50-30)21-25-8-6-5-7-9-25/h5-9,22-24,26-32,53H,10-21,41-44H2,1-4H3,(H,45,61)(H,46,54)(H,47,57)(H,48,55)(H,49,59)(H,50,60)(H,51,56)(H,52,58). The topological polar surface area (TPSA) is 357 Å². The van der Waals surface area contributed by atoms with Crippen LogP contribution in [0.5, 0.6) is 0 Å². The first-order valence-corrected chi connectivity index (χ1v) is 20.9. The third-order valence-corrected chi connectivity index (χ3v) is 10.00. The van der Waals surface area contributed by atoms with Crippen LogP contribution in [0.4, 0.5) is 0 Å². The van der Waals surface area contributed by atoms with E-state index >= 15 is 0 Å². The second kappa shape index (κ2) is 26.9. The maximum absolute atomic E-state index is 14.1. The first-order chi connectivity index (χ1) is 28.9. The summed E-state index contributed by atoms with van der Waals surface area (Å²) in [5.74, 6) is -6.86. The molecule has 1 saturated heterocycles. The number of hydrogen-bond donors (Lipinski definition) is 13. The molecule has 0 saturated carbocycles. The van der Waals surface area contributed by atoms with Crippen LogP contribution in [0, 0.1) is 11.8 Å². The van der Waals surface area contributed by atoms with Gasteiger partial charge in [-0.25, -0.2) is 0 Å². The lowest BCUT2D eigenvalue weighted by Gasteiger charge is -2.28. The van der Waals surface area contributed by atoms with Gasteiger partial charge < -0.3 is 70.6 Å². The number of hydrogen-bond acceptors (Lipinski definition) is 13. The monoisotopic (exact) mass is 861 g/mol. The van der Waals surface area contributed by atoms with Crippen molar-refractivity contribution in [1.82, 2.24) is 42.5 Å². The average molecular weight is 861 g/mol. The highest BCUT2D eigenvalue weighted by molar-refractivity contribution is 5.98. The number of carbonyl (C=O) groups is 8. The van der Waals surface area contributed by atoms with Gasteiger partial charge >= 0.3 is 0 Å². The number of carbonyl (C=O) groups excluding carboxylic acids is 8. The summed E-state index contributed by atoms with van der Waals surface area (Å²) in [6.45, 7) is 6.26. The van der Waals surface area contributed by atoms with E-state index in [0.29, 0.717) is 12.0 Å². The van der Waals surface area contributed by atoms with E-state index in [9.17, 15) is 43.5 Å². The largest absolute Gasteiger partial charge is 0.391 e. The van der Waals surface area contributed by atoms with Crippen LogP contribution in [-0.2, 0) is 44.8 Å². The van der Waals surface area contributed by atoms with Gasteiger partial charge in [0, 0.05) is 18.9 Å². The molecule has 0 radical (unpaired) electrons. The molecule has 17 N–H and O–H groups in total. The number of benzene rings is 1. The van der Waals surface area contributed by atoms with Crippen molar-refractivity contribution in [2.45, 2.75) is 121 Å². The second-order valence-electron chi connectivity index (χ2n) is 15.7. The van der Waals surface area contributed by atoms with Crippen LogP contribution in [-0.4, -0.2) is 133 Å². The lowest BCUT2D eigenvalue weighted by atomic mass is 10.00. The van der Waals surface area contributed by atoms with E-state index in [1.165, 1.54) is 6.92 Å². The van der Waals surface area contributed by atoms with Crippen molar-refractivity contribution in [3.8, 4) is 0 Å². The zero-order chi connectivity index (χ0) is 45.6. The van der Waals surface area contributed by atoms with Crippen LogP contribution in [0.15, 0.2) is 30.3 Å². The Labute approximate surface area is 357 Å². The summed E-state index contributed by atoms with van der Waals surface area (Å²) >= 11 is 0. The minimum atomic E-state index is -1.54. The van der Waals surface area contributed by atoms with Gasteiger partial charge in [-0.2, -0.15) is 0 Å². The first kappa shape index (κ1) is 51.9. The van der Waals surface area contributed by atoms with E-state index in [1.54, 1.807) is 37.3 Å². The Morgan fingerprint density at radius 1 is 0.639 bits per heavy atom. The molecule has 1 aromatic rings. The number of aliphatic hydroxyl groups excluding tert-OH is 1. The summed E-state index contributed by atoms with van der Waals surface area (Å²) in [5, 5.41) is 31.4. The highest BCUT2D eigenvalue weighted by Gasteiger charge is 2.35. The molecule has 21 nitrogen and oxygen atoms in total. The molecule has 61 heavy (non-hydrogen) atoms. The van der Waals surface area contributed by atoms with Crippen molar-refractivity contribution < 1.29 is 43.5 Å². The molecule has 1 heterocycles. The maximum atomic E-state index is 14.1. The van der Waals surface area contributed by atoms with Gasteiger partial charge in [0.2, 0.25) is 47.3 Å². The van der Waals surface area contributed by atoms with Gasteiger partial charge in [-0.05, 0) is 83.1 Å². The Morgan fingerprint density at radius 2 is 1.10 bits per heavy atom. The fourth-order valence-corrected chi connectivity index (χ4v) is 6.50. The molecule has 8 amide bonds. The molecular formula is C40H68N12O9. The summed E-state index contributed by atoms with van der Waals surface area (Å²) in [6, 6.07) is -0.477. The molecular weight excluding hydrogens is 793 g/mol. The van der Waals surface area contributed by atoms with Crippen LogP contribution < -0.4 is 65.5 Å². The Kier molecular flexibility index (Phi) is 22.9. The molecule has 0 spiro atoms. The predicted molar refractivity (Wildman–Crippen MR) is 226 cm³/mol. The molecule has 9 unspecified atom stereocenters. The summed E-state index contributed by atoms with van der Waals surface area (Å²) < 4.78 is 0. The molecule has 0 aromatic heterocycles. The zero-order valence-corrected chi connectivity index (χ0v) is 35.7. The average Bonchev–Trinajstić information content (AvgIpc) is 3.20. The van der Waals surface area contributed by atoms with Gasteiger partial charge in [-0.15, -0.1) is 0 Å². The van der Waals surface area contributed by atoms with Gasteiger partial charge in [0.1, 0.15) is 42.3 Å². The van der Waals surface area contributed by atoms with Gasteiger partial charge in [0.25, 0.3) is 0 Å². The Hall–Kier alpha value is -5.22. The minimum Gasteiger partial charge on any atom is -0.391 e. The third kappa shape index (κ3) is 17.7. The summed E-state index contributed by atoms with van der Waals surface area (Å²) in [4.78, 5) is 110. The minimum absolute atomic E-state index is 0.0224. The highest BCUT2D eigenvalue weighted by Crippen LogP contribution is 2.11. The number of nitrogens with one attached hydrogen (secondary N) is 8. The summed E-state index contributed by atoms with van der Waals surface area (Å²) in [6.07, 6.45) is -1.50. The quantitative estimate of drug-likeness (QED) is 0.0794. The number of nitrogens with two attached hydrogens (primary N) is 4. The summed E-state index contributed by atoms with van der Waals surface area (Å²) in [7, 11) is 0. The van der Waals surface area contributed by atoms with Crippen molar-refractivity contribution in [3.05, 3.63) is 35.9 Å². The van der Waals surface area contributed by atoms with E-state index in [2.05, 4.69) is 42.5 Å². The van der Waals surface area contributed by atoms with Crippen LogP contribution in [0.2, 0.25) is 0 Å². The lowest BCUT2D eigenvalue weighted by molar-refractivity contribution is -0.136. The molecule has 21 heteroatoms. The Bertz CT molecular complexity index is 1620. The lowest BCUT2D eigenvalue weighted by Crippen LogP contribution is -2.61. The smallest absolute Gasteiger partial charge is 0.245 e. The molecule has 2 rings (SSSR count). The van der Waals surface area contributed by atoms with E-state index in [4.69, 9.17) is 22.9 Å². The van der Waals surface area contributed by atoms with E-state index in [1.807, 2.05) is 13.8 Å². The number of aliphatic hydroxyl groups is 1. The van der Waals surface area contributed by atoms with Crippen LogP contribution >= 0.6 is 0 Å². The maximum Gasteiger partial charge on any atom is 0.245 e. The summed E-state index contributed by atoms with van der Waals surface area (Å²) in [5.41, 5.74) is 23.8. The fourth-order valence-electron chi connectivity index (χ4n) is 6.50. The normalized spacial score (nSPS) is 25.4. The molecule has 9 atom stereocenters. The van der Waals surface area contributed by atoms with Crippen molar-refractivity contribution in [1.29, 1.82) is 0 Å². The van der Waals surface area contributed by atoms with Crippen molar-refractivity contribution >= 4 is 47.3 Å². The van der Waals surface area contributed by atoms with Crippen molar-refractivity contribution in [2.24, 2.45) is 34.8 Å². The zero-order valence-electron chi connectivity index (χ0n) is 35.7. The molecule has 0 bridgehead atoms. The SMILES string of the molecule is CC(C)CC1NC(=O)C(Cc2ccccc2)NC(=O)C(CCN)NC(=O)C(NC(=O)C(C)CCN)CCNC(=O)C(C(C)O)NC(=O)C(CCN)NC(=O)C(CCN)NC1=O. The van der Waals surface area contributed by atoms with Crippen molar-refractivity contribution in [2.75, 3.05) is 32.7 Å². The van der Waals surface area contributed by atoms with Crippen LogP contribution in [0.25, 0.3) is 0 Å². The van der Waals surface area contributed by atoms with Gasteiger partial charge in [-0.3, -0.25) is 38.4 Å². The molecule has 1 fully saturated rings. The van der Waals surface area contributed by atoms with E-state index in [0.717, 1.165) is 0 Å². The molecule has 1 aliphatic heterocycles. The van der Waals surface area contributed by atoms with Crippen LogP contribution in [0.3, 0.4) is 0 Å². The van der Waals surface area contributed by atoms with Gasteiger partial charge in [-0.1, -0.05) is 51.1 Å². The molecule has 0 aliphatic carbocycles. The number of amides is 8. The molecule has 1 aliphatic rings. The number of rotatable bonds is 15. The van der Waals surface area contributed by atoms with E-state index < -0.39 is 102 Å². The second-order valence-corrected chi connectivity index (χ2v) is 15.7. The van der Waals surface area contributed by atoms with Gasteiger partial charge in [0.15, 0.2) is 0 Å². The molecule has 342 valence electrons. The Morgan fingerprint density at radius 3 is 1.59 bits per heavy atom. The first-order valence-electron chi connectivity index (χ1n) is 20.9. The Balaban J connectivity index is 2.69. The van der Waals surface area contributed by atoms with Crippen LogP contribution in [0.1, 0.15) is 71.8 Å². The highest BCUT2D eigenvalue weighted by atomic mass is 16.3. The predicted octanol–water partition coefficient (Wildman–Crippen LogP) is -4.40. The van der Waals surface area contributed by atoms with Crippen molar-refractivity contribution in [3.63, 3.8) is 0 Å². The fraction of sp³-hybridized carbons (Fsp3) is 0.650. The van der Waals surface area contributed by atoms with E-state index in [-0.39, 0.29) is 77.2 Å². The third-order valence-electron chi connectivity index (χ3n) is 10.00.